The predicted molar refractivity (Wildman–Crippen MR) is 82.6 cm³/mol. The van der Waals surface area contributed by atoms with Gasteiger partial charge in [-0.15, -0.1) is 0 Å². The van der Waals surface area contributed by atoms with Crippen molar-refractivity contribution in [3.05, 3.63) is 64.7 Å². The molecule has 0 bridgehead atoms. The van der Waals surface area contributed by atoms with Gasteiger partial charge in [0.1, 0.15) is 12.4 Å². The van der Waals surface area contributed by atoms with E-state index in [4.69, 9.17) is 10.5 Å². The average molecular weight is 265 g/mol. The minimum Gasteiger partial charge on any atom is -0.480 e. The molecule has 0 amide bonds. The molecule has 0 fully saturated rings. The Hall–Kier alpha value is -2.24. The molecule has 0 heterocycles. The molecule has 0 unspecified atom stereocenters. The number of benzene rings is 2. The van der Waals surface area contributed by atoms with E-state index >= 15 is 0 Å². The van der Waals surface area contributed by atoms with Crippen LogP contribution in [0.1, 0.15) is 22.3 Å². The van der Waals surface area contributed by atoms with Crippen LogP contribution in [0.3, 0.4) is 0 Å². The number of hydrogen-bond donors (Lipinski definition) is 1. The first kappa shape index (κ1) is 14.2. The van der Waals surface area contributed by atoms with Gasteiger partial charge in [-0.1, -0.05) is 42.2 Å². The normalized spacial score (nSPS) is 9.75. The molecule has 0 spiro atoms. The Kier molecular flexibility index (Phi) is 4.81. The minimum atomic E-state index is 0.387. The Morgan fingerprint density at radius 1 is 1.05 bits per heavy atom. The zero-order valence-corrected chi connectivity index (χ0v) is 11.9. The van der Waals surface area contributed by atoms with Crippen LogP contribution in [-0.2, 0) is 6.54 Å². The summed E-state index contributed by atoms with van der Waals surface area (Å²) in [7, 11) is 0. The molecule has 0 aromatic heterocycles. The molecule has 0 atom stereocenters. The van der Waals surface area contributed by atoms with E-state index in [0.717, 1.165) is 28.0 Å². The van der Waals surface area contributed by atoms with Crippen LogP contribution in [0.15, 0.2) is 42.5 Å². The van der Waals surface area contributed by atoms with Crippen molar-refractivity contribution in [3.8, 4) is 17.6 Å². The fraction of sp³-hybridized carbons (Fsp3) is 0.222. The SMILES string of the molecule is Cc1cc(CN)cc(C)c1OCC#Cc1ccccc1. The van der Waals surface area contributed by atoms with Gasteiger partial charge in [-0.05, 0) is 42.7 Å². The van der Waals surface area contributed by atoms with Crippen molar-refractivity contribution in [2.24, 2.45) is 5.73 Å². The van der Waals surface area contributed by atoms with Gasteiger partial charge in [-0.3, -0.25) is 0 Å². The van der Waals surface area contributed by atoms with Crippen LogP contribution in [-0.4, -0.2) is 6.61 Å². The molecule has 2 aromatic rings. The lowest BCUT2D eigenvalue weighted by molar-refractivity contribution is 0.365. The summed E-state index contributed by atoms with van der Waals surface area (Å²) in [6, 6.07) is 14.0. The lowest BCUT2D eigenvalue weighted by Crippen LogP contribution is -2.02. The maximum Gasteiger partial charge on any atom is 0.149 e. The average Bonchev–Trinajstić information content (AvgIpc) is 2.46. The van der Waals surface area contributed by atoms with Crippen LogP contribution in [0.5, 0.6) is 5.75 Å². The highest BCUT2D eigenvalue weighted by atomic mass is 16.5. The summed E-state index contributed by atoms with van der Waals surface area (Å²) in [4.78, 5) is 0. The Morgan fingerprint density at radius 3 is 2.30 bits per heavy atom. The first-order valence-corrected chi connectivity index (χ1v) is 6.67. The minimum absolute atomic E-state index is 0.387. The largest absolute Gasteiger partial charge is 0.480 e. The van der Waals surface area contributed by atoms with Gasteiger partial charge in [0.2, 0.25) is 0 Å². The standard InChI is InChI=1S/C18H19NO/c1-14-11-17(13-19)12-15(2)18(14)20-10-6-9-16-7-4-3-5-8-16/h3-5,7-8,11-12H,10,13,19H2,1-2H3. The van der Waals surface area contributed by atoms with Gasteiger partial charge in [0.05, 0.1) is 0 Å². The van der Waals surface area contributed by atoms with Gasteiger partial charge in [-0.25, -0.2) is 0 Å². The molecule has 2 nitrogen and oxygen atoms in total. The predicted octanol–water partition coefficient (Wildman–Crippen LogP) is 3.19. The fourth-order valence-corrected chi connectivity index (χ4v) is 2.15. The van der Waals surface area contributed by atoms with Crippen LogP contribution < -0.4 is 10.5 Å². The van der Waals surface area contributed by atoms with E-state index in [-0.39, 0.29) is 0 Å². The molecule has 0 saturated heterocycles. The van der Waals surface area contributed by atoms with Gasteiger partial charge < -0.3 is 10.5 Å². The van der Waals surface area contributed by atoms with E-state index in [1.54, 1.807) is 0 Å². The summed E-state index contributed by atoms with van der Waals surface area (Å²) in [5.74, 6) is 7.02. The molecule has 0 radical (unpaired) electrons. The molecule has 2 heteroatoms. The monoisotopic (exact) mass is 265 g/mol. The molecule has 2 N–H and O–H groups in total. The second kappa shape index (κ2) is 6.79. The Morgan fingerprint density at radius 2 is 1.70 bits per heavy atom. The van der Waals surface area contributed by atoms with Gasteiger partial charge >= 0.3 is 0 Å². The number of hydrogen-bond acceptors (Lipinski definition) is 2. The van der Waals surface area contributed by atoms with Crippen molar-refractivity contribution in [3.63, 3.8) is 0 Å². The quantitative estimate of drug-likeness (QED) is 0.865. The molecule has 20 heavy (non-hydrogen) atoms. The molecular weight excluding hydrogens is 246 g/mol. The smallest absolute Gasteiger partial charge is 0.149 e. The van der Waals surface area contributed by atoms with Crippen LogP contribution in [0.25, 0.3) is 0 Å². The van der Waals surface area contributed by atoms with Crippen LogP contribution in [0.4, 0.5) is 0 Å². The van der Waals surface area contributed by atoms with Gasteiger partial charge in [0.15, 0.2) is 0 Å². The number of rotatable bonds is 3. The van der Waals surface area contributed by atoms with Gasteiger partial charge in [0.25, 0.3) is 0 Å². The second-order valence-corrected chi connectivity index (χ2v) is 4.72. The summed E-state index contributed by atoms with van der Waals surface area (Å²) < 4.78 is 5.77. The third-order valence-electron chi connectivity index (χ3n) is 3.05. The topological polar surface area (TPSA) is 35.2 Å². The molecule has 102 valence electrons. The first-order valence-electron chi connectivity index (χ1n) is 6.67. The van der Waals surface area contributed by atoms with Gasteiger partial charge in [0, 0.05) is 12.1 Å². The van der Waals surface area contributed by atoms with Crippen molar-refractivity contribution in [2.75, 3.05) is 6.61 Å². The Bertz CT molecular complexity index is 612. The first-order chi connectivity index (χ1) is 9.70. The molecule has 2 rings (SSSR count). The van der Waals surface area contributed by atoms with E-state index in [2.05, 4.69) is 24.0 Å². The molecule has 0 saturated carbocycles. The second-order valence-electron chi connectivity index (χ2n) is 4.72. The van der Waals surface area contributed by atoms with Crippen molar-refractivity contribution >= 4 is 0 Å². The number of nitrogens with two attached hydrogens (primary N) is 1. The Balaban J connectivity index is 2.03. The van der Waals surface area contributed by atoms with E-state index in [1.807, 2.05) is 44.2 Å². The summed E-state index contributed by atoms with van der Waals surface area (Å²) in [5, 5.41) is 0. The third-order valence-corrected chi connectivity index (χ3v) is 3.05. The summed E-state index contributed by atoms with van der Waals surface area (Å²) in [5.41, 5.74) is 10.00. The molecule has 2 aromatic carbocycles. The third kappa shape index (κ3) is 3.63. The molecular formula is C18H19NO. The van der Waals surface area contributed by atoms with Crippen molar-refractivity contribution in [1.82, 2.24) is 0 Å². The number of ether oxygens (including phenoxy) is 1. The lowest BCUT2D eigenvalue weighted by Gasteiger charge is -2.11. The zero-order valence-electron chi connectivity index (χ0n) is 11.9. The maximum absolute atomic E-state index is 5.77. The summed E-state index contributed by atoms with van der Waals surface area (Å²) in [6.07, 6.45) is 0. The van der Waals surface area contributed by atoms with Crippen molar-refractivity contribution in [2.45, 2.75) is 20.4 Å². The summed E-state index contributed by atoms with van der Waals surface area (Å²) in [6.45, 7) is 5.01. The Labute approximate surface area is 120 Å². The molecule has 0 aliphatic carbocycles. The highest BCUT2D eigenvalue weighted by molar-refractivity contribution is 5.43. The number of aryl methyl sites for hydroxylation is 2. The van der Waals surface area contributed by atoms with E-state index < -0.39 is 0 Å². The van der Waals surface area contributed by atoms with E-state index in [1.165, 1.54) is 0 Å². The van der Waals surface area contributed by atoms with Crippen molar-refractivity contribution in [1.29, 1.82) is 0 Å². The van der Waals surface area contributed by atoms with Crippen LogP contribution in [0.2, 0.25) is 0 Å². The van der Waals surface area contributed by atoms with E-state index in [9.17, 15) is 0 Å². The highest BCUT2D eigenvalue weighted by Crippen LogP contribution is 2.24. The van der Waals surface area contributed by atoms with Crippen LogP contribution >= 0.6 is 0 Å². The molecule has 0 aliphatic rings. The highest BCUT2D eigenvalue weighted by Gasteiger charge is 2.05. The lowest BCUT2D eigenvalue weighted by atomic mass is 10.1. The van der Waals surface area contributed by atoms with Crippen molar-refractivity contribution < 1.29 is 4.74 Å². The fourth-order valence-electron chi connectivity index (χ4n) is 2.15. The summed E-state index contributed by atoms with van der Waals surface area (Å²) >= 11 is 0. The van der Waals surface area contributed by atoms with E-state index in [0.29, 0.717) is 13.2 Å². The molecule has 0 aliphatic heterocycles. The maximum atomic E-state index is 5.77. The van der Waals surface area contributed by atoms with Gasteiger partial charge in [-0.2, -0.15) is 0 Å². The zero-order chi connectivity index (χ0) is 14.4. The van der Waals surface area contributed by atoms with Crippen LogP contribution in [0, 0.1) is 25.7 Å².